The van der Waals surface area contributed by atoms with Gasteiger partial charge in [0.2, 0.25) is 0 Å². The van der Waals surface area contributed by atoms with Crippen LogP contribution in [0.2, 0.25) is 20.1 Å². The molecule has 4 rings (SSSR count). The number of benzene rings is 3. The lowest BCUT2D eigenvalue weighted by Gasteiger charge is -2.11. The molecule has 0 aliphatic heterocycles. The lowest BCUT2D eigenvalue weighted by Crippen LogP contribution is -2.14. The van der Waals surface area contributed by atoms with E-state index in [-0.39, 0.29) is 10.0 Å². The topological polar surface area (TPSA) is 17.3 Å². The Morgan fingerprint density at radius 3 is 2.13 bits per heavy atom. The highest BCUT2D eigenvalue weighted by Gasteiger charge is 2.14. The van der Waals surface area contributed by atoms with Crippen molar-refractivity contribution in [1.29, 1.82) is 0 Å². The Kier molecular flexibility index (Phi) is 6.19. The van der Waals surface area contributed by atoms with Gasteiger partial charge < -0.3 is 0 Å². The number of aromatic nitrogens is 1. The first-order valence-electron chi connectivity index (χ1n) is 8.44. The zero-order valence-electron chi connectivity index (χ0n) is 14.8. The van der Waals surface area contributed by atoms with Crippen molar-refractivity contribution in [2.24, 2.45) is 4.99 Å². The van der Waals surface area contributed by atoms with E-state index in [9.17, 15) is 8.78 Å². The van der Waals surface area contributed by atoms with Crippen LogP contribution in [-0.2, 0) is 0 Å². The van der Waals surface area contributed by atoms with Gasteiger partial charge in [-0.1, -0.05) is 46.4 Å². The van der Waals surface area contributed by atoms with E-state index < -0.39 is 11.6 Å². The molecule has 3 aromatic carbocycles. The first kappa shape index (κ1) is 21.3. The number of rotatable bonds is 3. The van der Waals surface area contributed by atoms with E-state index in [1.165, 1.54) is 35.6 Å². The number of hydrogen-bond donors (Lipinski definition) is 0. The van der Waals surface area contributed by atoms with Crippen LogP contribution < -0.4 is 4.80 Å². The molecular formula is C21H10Cl4F2N2S. The van der Waals surface area contributed by atoms with Gasteiger partial charge in [0.05, 0.1) is 32.1 Å². The van der Waals surface area contributed by atoms with E-state index in [4.69, 9.17) is 46.4 Å². The second kappa shape index (κ2) is 8.69. The van der Waals surface area contributed by atoms with Crippen LogP contribution in [0, 0.1) is 11.6 Å². The molecule has 9 heteroatoms. The maximum Gasteiger partial charge on any atom is 0.195 e. The molecule has 0 amide bonds. The van der Waals surface area contributed by atoms with E-state index in [1.54, 1.807) is 34.9 Å². The van der Waals surface area contributed by atoms with Crippen molar-refractivity contribution in [1.82, 2.24) is 4.57 Å². The second-order valence-corrected chi connectivity index (χ2v) is 8.67. The van der Waals surface area contributed by atoms with Crippen LogP contribution in [0.3, 0.4) is 0 Å². The third kappa shape index (κ3) is 4.27. The predicted molar refractivity (Wildman–Crippen MR) is 121 cm³/mol. The zero-order valence-corrected chi connectivity index (χ0v) is 18.7. The largest absolute Gasteiger partial charge is 0.285 e. The summed E-state index contributed by atoms with van der Waals surface area (Å²) >= 11 is 25.6. The molecule has 1 aromatic heterocycles. The molecule has 0 atom stereocenters. The molecule has 0 radical (unpaired) electrons. The van der Waals surface area contributed by atoms with Crippen LogP contribution >= 0.6 is 57.7 Å². The first-order valence-corrected chi connectivity index (χ1v) is 10.8. The summed E-state index contributed by atoms with van der Waals surface area (Å²) in [6, 6.07) is 13.7. The van der Waals surface area contributed by atoms with Crippen molar-refractivity contribution >= 4 is 63.4 Å². The summed E-state index contributed by atoms with van der Waals surface area (Å²) < 4.78 is 29.2. The van der Waals surface area contributed by atoms with Gasteiger partial charge in [0.25, 0.3) is 0 Å². The summed E-state index contributed by atoms with van der Waals surface area (Å²) in [5.41, 5.74) is 2.41. The van der Waals surface area contributed by atoms with Crippen LogP contribution in [0.4, 0.5) is 14.5 Å². The summed E-state index contributed by atoms with van der Waals surface area (Å²) in [4.78, 5) is 5.18. The molecule has 152 valence electrons. The minimum absolute atomic E-state index is 0.0124. The summed E-state index contributed by atoms with van der Waals surface area (Å²) in [6.07, 6.45) is 0. The molecular weight excluding hydrogens is 492 g/mol. The summed E-state index contributed by atoms with van der Waals surface area (Å²) in [6.45, 7) is 0. The van der Waals surface area contributed by atoms with Gasteiger partial charge in [-0.15, -0.1) is 11.3 Å². The molecule has 0 saturated carbocycles. The average Bonchev–Trinajstić information content (AvgIpc) is 3.12. The highest BCUT2D eigenvalue weighted by molar-refractivity contribution is 7.07. The fourth-order valence-electron chi connectivity index (χ4n) is 2.79. The predicted octanol–water partition coefficient (Wildman–Crippen LogP) is 8.33. The maximum absolute atomic E-state index is 13.7. The Morgan fingerprint density at radius 2 is 1.47 bits per heavy atom. The van der Waals surface area contributed by atoms with Crippen molar-refractivity contribution in [2.45, 2.75) is 0 Å². The fourth-order valence-corrected chi connectivity index (χ4v) is 4.52. The third-order valence-electron chi connectivity index (χ3n) is 4.21. The van der Waals surface area contributed by atoms with E-state index in [0.717, 1.165) is 0 Å². The first-order chi connectivity index (χ1) is 14.3. The third-order valence-corrected chi connectivity index (χ3v) is 6.15. The average molecular weight is 502 g/mol. The van der Waals surface area contributed by atoms with Crippen LogP contribution in [0.1, 0.15) is 0 Å². The van der Waals surface area contributed by atoms with Gasteiger partial charge in [-0.25, -0.2) is 13.8 Å². The molecule has 0 bridgehead atoms. The summed E-state index contributed by atoms with van der Waals surface area (Å²) in [5, 5.41) is 2.66. The summed E-state index contributed by atoms with van der Waals surface area (Å²) in [5.74, 6) is -1.06. The van der Waals surface area contributed by atoms with Crippen molar-refractivity contribution in [3.05, 3.63) is 96.5 Å². The van der Waals surface area contributed by atoms with Crippen LogP contribution in [0.25, 0.3) is 16.9 Å². The van der Waals surface area contributed by atoms with Crippen LogP contribution in [0.5, 0.6) is 0 Å². The Balaban J connectivity index is 1.99. The lowest BCUT2D eigenvalue weighted by atomic mass is 10.1. The smallest absolute Gasteiger partial charge is 0.195 e. The van der Waals surface area contributed by atoms with Gasteiger partial charge in [-0.3, -0.25) is 4.57 Å². The molecule has 0 N–H and O–H groups in total. The fraction of sp³-hybridized carbons (Fsp3) is 0. The van der Waals surface area contributed by atoms with Gasteiger partial charge in [0.15, 0.2) is 4.80 Å². The minimum Gasteiger partial charge on any atom is -0.285 e. The highest BCUT2D eigenvalue weighted by atomic mass is 35.5. The highest BCUT2D eigenvalue weighted by Crippen LogP contribution is 2.31. The molecule has 1 heterocycles. The Labute approximate surface area is 194 Å². The number of hydrogen-bond acceptors (Lipinski definition) is 2. The summed E-state index contributed by atoms with van der Waals surface area (Å²) in [7, 11) is 0. The van der Waals surface area contributed by atoms with Crippen LogP contribution in [0.15, 0.2) is 65.0 Å². The van der Waals surface area contributed by atoms with Crippen molar-refractivity contribution in [2.75, 3.05) is 0 Å². The maximum atomic E-state index is 13.7. The van der Waals surface area contributed by atoms with Crippen molar-refractivity contribution in [3.63, 3.8) is 0 Å². The van der Waals surface area contributed by atoms with Gasteiger partial charge in [-0.2, -0.15) is 0 Å². The molecule has 0 fully saturated rings. The molecule has 0 aliphatic rings. The number of nitrogens with zero attached hydrogens (tertiary/aromatic N) is 2. The molecule has 0 unspecified atom stereocenters. The van der Waals surface area contributed by atoms with E-state index in [2.05, 4.69) is 4.99 Å². The number of thiazole rings is 1. The van der Waals surface area contributed by atoms with Crippen molar-refractivity contribution in [3.8, 4) is 16.9 Å². The van der Waals surface area contributed by atoms with E-state index in [1.807, 2.05) is 5.38 Å². The van der Waals surface area contributed by atoms with Crippen molar-refractivity contribution < 1.29 is 8.78 Å². The zero-order chi connectivity index (χ0) is 21.4. The second-order valence-electron chi connectivity index (χ2n) is 6.17. The molecule has 4 aromatic rings. The Hall–Kier alpha value is -1.89. The normalized spacial score (nSPS) is 11.9. The standard InChI is InChI=1S/C21H10Cl4F2N2S/c22-12-2-6-19(16(25)8-12)28-21-29(13-3-5-18(27)15(24)9-13)20(10-30-21)11-1-4-17(26)14(23)7-11/h1-10H. The van der Waals surface area contributed by atoms with Crippen LogP contribution in [-0.4, -0.2) is 4.57 Å². The Morgan fingerprint density at radius 1 is 0.767 bits per heavy atom. The van der Waals surface area contributed by atoms with E-state index >= 15 is 0 Å². The lowest BCUT2D eigenvalue weighted by molar-refractivity contribution is 0.627. The molecule has 0 saturated heterocycles. The van der Waals surface area contributed by atoms with Gasteiger partial charge in [-0.05, 0) is 54.6 Å². The van der Waals surface area contributed by atoms with Gasteiger partial charge in [0, 0.05) is 16.0 Å². The SMILES string of the molecule is Fc1ccc(-c2csc(=Nc3ccc(Cl)cc3Cl)n2-c2ccc(F)c(Cl)c2)cc1Cl. The molecule has 0 aliphatic carbocycles. The monoisotopic (exact) mass is 500 g/mol. The van der Waals surface area contributed by atoms with Gasteiger partial charge >= 0.3 is 0 Å². The quantitative estimate of drug-likeness (QED) is 0.268. The van der Waals surface area contributed by atoms with E-state index in [0.29, 0.717) is 37.5 Å². The molecule has 0 spiro atoms. The van der Waals surface area contributed by atoms with Gasteiger partial charge in [0.1, 0.15) is 11.6 Å². The Bertz CT molecular complexity index is 1330. The molecule has 30 heavy (non-hydrogen) atoms. The minimum atomic E-state index is -0.540. The number of halogens is 6. The molecule has 2 nitrogen and oxygen atoms in total.